The van der Waals surface area contributed by atoms with Crippen molar-refractivity contribution < 1.29 is 17.9 Å². The number of methoxy groups -OCH3 is 2. The van der Waals surface area contributed by atoms with Crippen LogP contribution in [0.5, 0.6) is 11.5 Å². The lowest BCUT2D eigenvalue weighted by atomic mass is 10.3. The molecule has 0 saturated carbocycles. The molecular weight excluding hydrogens is 372 g/mol. The van der Waals surface area contributed by atoms with Crippen LogP contribution in [0.2, 0.25) is 0 Å². The van der Waals surface area contributed by atoms with Crippen molar-refractivity contribution in [1.82, 2.24) is 0 Å². The predicted octanol–water partition coefficient (Wildman–Crippen LogP) is 0.724. The Morgan fingerprint density at radius 2 is 1.67 bits per heavy atom. The van der Waals surface area contributed by atoms with Gasteiger partial charge in [-0.05, 0) is 36.4 Å². The van der Waals surface area contributed by atoms with Crippen LogP contribution in [-0.4, -0.2) is 34.6 Å². The molecule has 0 aliphatic rings. The first-order valence-electron chi connectivity index (χ1n) is 7.54. The summed E-state index contributed by atoms with van der Waals surface area (Å²) in [5, 5.41) is 0. The van der Waals surface area contributed by atoms with Gasteiger partial charge in [0.15, 0.2) is 5.96 Å². The van der Waals surface area contributed by atoms with Gasteiger partial charge in [-0.25, -0.2) is 13.4 Å². The molecule has 0 amide bonds. The summed E-state index contributed by atoms with van der Waals surface area (Å²) in [4.78, 5) is 7.55. The molecule has 0 heterocycles. The highest BCUT2D eigenvalue weighted by Crippen LogP contribution is 2.31. The maximum absolute atomic E-state index is 12.6. The van der Waals surface area contributed by atoms with Gasteiger partial charge in [-0.1, -0.05) is 0 Å². The van der Waals surface area contributed by atoms with E-state index in [1.165, 1.54) is 44.6 Å². The van der Waals surface area contributed by atoms with Gasteiger partial charge in [0.2, 0.25) is 5.96 Å². The number of sulfonamides is 1. The van der Waals surface area contributed by atoms with Crippen LogP contribution in [0.3, 0.4) is 0 Å². The van der Waals surface area contributed by atoms with E-state index in [0.29, 0.717) is 17.2 Å². The Bertz CT molecular complexity index is 967. The maximum Gasteiger partial charge on any atom is 0.262 e. The third-order valence-electron chi connectivity index (χ3n) is 3.29. The average molecular weight is 392 g/mol. The highest BCUT2D eigenvalue weighted by molar-refractivity contribution is 7.92. The predicted molar refractivity (Wildman–Crippen MR) is 104 cm³/mol. The second kappa shape index (κ2) is 8.27. The zero-order valence-corrected chi connectivity index (χ0v) is 15.5. The topological polar surface area (TPSA) is 167 Å². The van der Waals surface area contributed by atoms with E-state index in [2.05, 4.69) is 14.7 Å². The molecule has 0 saturated heterocycles. The number of guanidine groups is 2. The fourth-order valence-corrected chi connectivity index (χ4v) is 3.15. The van der Waals surface area contributed by atoms with Crippen molar-refractivity contribution in [1.29, 1.82) is 0 Å². The van der Waals surface area contributed by atoms with Gasteiger partial charge in [0.25, 0.3) is 10.0 Å². The molecule has 0 unspecified atom stereocenters. The van der Waals surface area contributed by atoms with Crippen molar-refractivity contribution in [3.8, 4) is 11.5 Å². The Balaban J connectivity index is 2.29. The average Bonchev–Trinajstić information content (AvgIpc) is 2.61. The molecule has 10 nitrogen and oxygen atoms in total. The van der Waals surface area contributed by atoms with E-state index in [1.54, 1.807) is 12.1 Å². The summed E-state index contributed by atoms with van der Waals surface area (Å²) in [5.74, 6) is 0.454. The monoisotopic (exact) mass is 392 g/mol. The van der Waals surface area contributed by atoms with Crippen LogP contribution >= 0.6 is 0 Å². The standard InChI is InChI=1S/C16H20N6O4S/c1-25-11-5-8-14(26-2)13(9-11)22-27(23,24)12-6-3-10(4-7-12)20-16(19)21-15(17)18/h3-9,22H,1-2H3,(H6,17,18,19,20,21). The Labute approximate surface area is 156 Å². The summed E-state index contributed by atoms with van der Waals surface area (Å²) in [6.07, 6.45) is 0. The SMILES string of the molecule is COc1ccc(OC)c(NS(=O)(=O)c2ccc(N=C(N)N=C(N)N)cc2)c1. The van der Waals surface area contributed by atoms with Crippen molar-refractivity contribution in [3.05, 3.63) is 42.5 Å². The van der Waals surface area contributed by atoms with Gasteiger partial charge in [0.1, 0.15) is 11.5 Å². The number of rotatable bonds is 6. The molecule has 27 heavy (non-hydrogen) atoms. The zero-order valence-electron chi connectivity index (χ0n) is 14.7. The molecule has 7 N–H and O–H groups in total. The van der Waals surface area contributed by atoms with Crippen LogP contribution in [0.25, 0.3) is 0 Å². The Hall–Kier alpha value is -3.47. The molecule has 0 radical (unpaired) electrons. The fourth-order valence-electron chi connectivity index (χ4n) is 2.09. The van der Waals surface area contributed by atoms with Gasteiger partial charge in [0, 0.05) is 6.07 Å². The normalized spacial score (nSPS) is 11.6. The number of nitrogens with two attached hydrogens (primary N) is 3. The number of benzene rings is 2. The number of ether oxygens (including phenoxy) is 2. The van der Waals surface area contributed by atoms with Crippen molar-refractivity contribution in [2.75, 3.05) is 18.9 Å². The first-order valence-corrected chi connectivity index (χ1v) is 9.02. The minimum Gasteiger partial charge on any atom is -0.497 e. The number of anilines is 1. The lowest BCUT2D eigenvalue weighted by Gasteiger charge is -2.13. The van der Waals surface area contributed by atoms with Crippen molar-refractivity contribution in [3.63, 3.8) is 0 Å². The lowest BCUT2D eigenvalue weighted by Crippen LogP contribution is -2.26. The summed E-state index contributed by atoms with van der Waals surface area (Å²) in [5.41, 5.74) is 16.6. The first kappa shape index (κ1) is 19.8. The lowest BCUT2D eigenvalue weighted by molar-refractivity contribution is 0.405. The zero-order chi connectivity index (χ0) is 20.0. The van der Waals surface area contributed by atoms with Crippen molar-refractivity contribution in [2.45, 2.75) is 4.90 Å². The van der Waals surface area contributed by atoms with E-state index in [1.807, 2.05) is 0 Å². The van der Waals surface area contributed by atoms with E-state index >= 15 is 0 Å². The largest absolute Gasteiger partial charge is 0.497 e. The Kier molecular flexibility index (Phi) is 6.08. The third kappa shape index (κ3) is 5.25. The summed E-state index contributed by atoms with van der Waals surface area (Å²) in [6, 6.07) is 10.4. The third-order valence-corrected chi connectivity index (χ3v) is 4.67. The van der Waals surface area contributed by atoms with Gasteiger partial charge in [-0.15, -0.1) is 0 Å². The van der Waals surface area contributed by atoms with E-state index < -0.39 is 10.0 Å². The second-order valence-electron chi connectivity index (χ2n) is 5.17. The molecule has 0 bridgehead atoms. The molecular formula is C16H20N6O4S. The summed E-state index contributed by atoms with van der Waals surface area (Å²) in [7, 11) is -0.951. The smallest absolute Gasteiger partial charge is 0.262 e. The van der Waals surface area contributed by atoms with E-state index in [4.69, 9.17) is 26.7 Å². The van der Waals surface area contributed by atoms with Crippen LogP contribution in [-0.2, 0) is 10.0 Å². The van der Waals surface area contributed by atoms with E-state index in [0.717, 1.165) is 0 Å². The fraction of sp³-hybridized carbons (Fsp3) is 0.125. The molecule has 2 aromatic carbocycles. The van der Waals surface area contributed by atoms with Gasteiger partial charge in [0.05, 0.1) is 30.5 Å². The minimum absolute atomic E-state index is 0.0201. The van der Waals surface area contributed by atoms with Crippen LogP contribution in [0.4, 0.5) is 11.4 Å². The number of nitrogens with zero attached hydrogens (tertiary/aromatic N) is 2. The Morgan fingerprint density at radius 3 is 2.22 bits per heavy atom. The summed E-state index contributed by atoms with van der Waals surface area (Å²) >= 11 is 0. The molecule has 0 atom stereocenters. The maximum atomic E-state index is 12.6. The first-order chi connectivity index (χ1) is 12.7. The molecule has 11 heteroatoms. The minimum atomic E-state index is -3.87. The molecule has 144 valence electrons. The van der Waals surface area contributed by atoms with E-state index in [-0.39, 0.29) is 22.5 Å². The molecule has 0 fully saturated rings. The van der Waals surface area contributed by atoms with Crippen LogP contribution < -0.4 is 31.4 Å². The van der Waals surface area contributed by atoms with Crippen molar-refractivity contribution >= 4 is 33.3 Å². The molecule has 0 aliphatic heterocycles. The summed E-state index contributed by atoms with van der Waals surface area (Å²) < 4.78 is 38.0. The highest BCUT2D eigenvalue weighted by Gasteiger charge is 2.17. The Morgan fingerprint density at radius 1 is 1.00 bits per heavy atom. The van der Waals surface area contributed by atoms with Crippen LogP contribution in [0.15, 0.2) is 57.3 Å². The van der Waals surface area contributed by atoms with Crippen LogP contribution in [0.1, 0.15) is 0 Å². The molecule has 0 aliphatic carbocycles. The van der Waals surface area contributed by atoms with Gasteiger partial charge in [-0.2, -0.15) is 4.99 Å². The number of aliphatic imine (C=N–C) groups is 2. The van der Waals surface area contributed by atoms with E-state index in [9.17, 15) is 8.42 Å². The number of hydrogen-bond acceptors (Lipinski definition) is 5. The molecule has 0 spiro atoms. The number of hydrogen-bond donors (Lipinski definition) is 4. The molecule has 0 aromatic heterocycles. The summed E-state index contributed by atoms with van der Waals surface area (Å²) in [6.45, 7) is 0. The van der Waals surface area contributed by atoms with Gasteiger partial charge < -0.3 is 26.7 Å². The number of nitrogens with one attached hydrogen (secondary N) is 1. The molecule has 2 rings (SSSR count). The highest BCUT2D eigenvalue weighted by atomic mass is 32.2. The molecule has 2 aromatic rings. The van der Waals surface area contributed by atoms with Gasteiger partial charge >= 0.3 is 0 Å². The van der Waals surface area contributed by atoms with Crippen molar-refractivity contribution in [2.24, 2.45) is 27.2 Å². The van der Waals surface area contributed by atoms with Crippen LogP contribution in [0, 0.1) is 0 Å². The van der Waals surface area contributed by atoms with Gasteiger partial charge in [-0.3, -0.25) is 4.72 Å². The quantitative estimate of drug-likeness (QED) is 0.415. The second-order valence-corrected chi connectivity index (χ2v) is 6.85.